The van der Waals surface area contributed by atoms with E-state index in [4.69, 9.17) is 17.0 Å². The molecule has 2 aromatic carbocycles. The summed E-state index contributed by atoms with van der Waals surface area (Å²) in [6, 6.07) is 16.2. The molecule has 3 heteroatoms. The molecule has 0 spiro atoms. The van der Waals surface area contributed by atoms with E-state index in [9.17, 15) is 0 Å². The Bertz CT molecular complexity index is 563. The van der Waals surface area contributed by atoms with Crippen LogP contribution in [0.1, 0.15) is 24.1 Å². The molecule has 2 aromatic rings. The number of hydrogen-bond donors (Lipinski definition) is 1. The first-order valence-corrected chi connectivity index (χ1v) is 6.29. The van der Waals surface area contributed by atoms with Crippen molar-refractivity contribution >= 4 is 17.2 Å². The molecule has 0 aromatic heterocycles. The predicted octanol–water partition coefficient (Wildman–Crippen LogP) is 3.82. The van der Waals surface area contributed by atoms with Gasteiger partial charge in [0.25, 0.3) is 0 Å². The Kier molecular flexibility index (Phi) is 2.76. The van der Waals surface area contributed by atoms with Crippen molar-refractivity contribution in [1.82, 2.24) is 5.32 Å². The zero-order chi connectivity index (χ0) is 12.5. The van der Waals surface area contributed by atoms with E-state index in [0.29, 0.717) is 0 Å². The highest BCUT2D eigenvalue weighted by Crippen LogP contribution is 2.42. The largest absolute Gasteiger partial charge is 0.457 e. The lowest BCUT2D eigenvalue weighted by molar-refractivity contribution is 0.441. The Morgan fingerprint density at radius 1 is 1.00 bits per heavy atom. The molecule has 0 aliphatic carbocycles. The fourth-order valence-electron chi connectivity index (χ4n) is 2.27. The average Bonchev–Trinajstić information content (AvgIpc) is 2.38. The van der Waals surface area contributed by atoms with Crippen molar-refractivity contribution < 1.29 is 4.74 Å². The second-order valence-corrected chi connectivity index (χ2v) is 4.92. The number of rotatable bonds is 1. The summed E-state index contributed by atoms with van der Waals surface area (Å²) in [5, 5.41) is 3.35. The van der Waals surface area contributed by atoms with Crippen LogP contribution < -0.4 is 10.1 Å². The normalized spacial score (nSPS) is 13.2. The Hall–Kier alpha value is -1.87. The maximum absolute atomic E-state index is 5.91. The maximum Gasteiger partial charge on any atom is 0.133 e. The number of para-hydroxylation sites is 2. The van der Waals surface area contributed by atoms with Gasteiger partial charge in [-0.2, -0.15) is 0 Å². The third-order valence-electron chi connectivity index (χ3n) is 3.03. The van der Waals surface area contributed by atoms with Crippen LogP contribution in [0.15, 0.2) is 48.5 Å². The van der Waals surface area contributed by atoms with E-state index in [1.807, 2.05) is 43.3 Å². The van der Waals surface area contributed by atoms with Gasteiger partial charge in [-0.25, -0.2) is 0 Å². The molecule has 0 bridgehead atoms. The van der Waals surface area contributed by atoms with E-state index >= 15 is 0 Å². The molecule has 0 saturated heterocycles. The lowest BCUT2D eigenvalue weighted by Gasteiger charge is -2.29. The minimum Gasteiger partial charge on any atom is -0.457 e. The van der Waals surface area contributed by atoms with Gasteiger partial charge in [0.2, 0.25) is 0 Å². The van der Waals surface area contributed by atoms with E-state index in [-0.39, 0.29) is 6.04 Å². The molecule has 3 rings (SSSR count). The van der Waals surface area contributed by atoms with Crippen molar-refractivity contribution in [2.75, 3.05) is 0 Å². The van der Waals surface area contributed by atoms with Crippen LogP contribution >= 0.6 is 12.2 Å². The summed E-state index contributed by atoms with van der Waals surface area (Å²) in [5.41, 5.74) is 2.25. The van der Waals surface area contributed by atoms with Crippen molar-refractivity contribution in [2.45, 2.75) is 13.0 Å². The van der Waals surface area contributed by atoms with Gasteiger partial charge in [-0.05, 0) is 19.1 Å². The van der Waals surface area contributed by atoms with E-state index in [0.717, 1.165) is 27.6 Å². The van der Waals surface area contributed by atoms with Crippen molar-refractivity contribution in [1.29, 1.82) is 0 Å². The van der Waals surface area contributed by atoms with Crippen molar-refractivity contribution in [2.24, 2.45) is 0 Å². The van der Waals surface area contributed by atoms with Crippen LogP contribution in [-0.2, 0) is 0 Å². The Morgan fingerprint density at radius 2 is 1.50 bits per heavy atom. The summed E-state index contributed by atoms with van der Waals surface area (Å²) < 4.78 is 5.91. The van der Waals surface area contributed by atoms with Crippen molar-refractivity contribution in [3.05, 3.63) is 59.7 Å². The SMILES string of the molecule is CC(=S)NC1c2ccccc2Oc2ccccc21. The molecule has 0 amide bonds. The van der Waals surface area contributed by atoms with Gasteiger partial charge in [0.1, 0.15) is 11.5 Å². The summed E-state index contributed by atoms with van der Waals surface area (Å²) in [6.07, 6.45) is 0. The number of nitrogens with one attached hydrogen (secondary N) is 1. The molecule has 1 aliphatic heterocycles. The monoisotopic (exact) mass is 255 g/mol. The molecule has 0 radical (unpaired) electrons. The van der Waals surface area contributed by atoms with Gasteiger partial charge in [0.05, 0.1) is 11.0 Å². The standard InChI is InChI=1S/C15H13NOS/c1-10(18)16-15-11-6-2-4-8-13(11)17-14-9-5-3-7-12(14)15/h2-9,15H,1H3,(H,16,18). The number of fused-ring (bicyclic) bond motifs is 2. The highest BCUT2D eigenvalue weighted by atomic mass is 32.1. The van der Waals surface area contributed by atoms with Crippen LogP contribution in [0.4, 0.5) is 0 Å². The first kappa shape index (κ1) is 11.2. The predicted molar refractivity (Wildman–Crippen MR) is 76.2 cm³/mol. The van der Waals surface area contributed by atoms with E-state index in [1.54, 1.807) is 0 Å². The van der Waals surface area contributed by atoms with Crippen molar-refractivity contribution in [3.63, 3.8) is 0 Å². The van der Waals surface area contributed by atoms with Crippen LogP contribution in [-0.4, -0.2) is 4.99 Å². The molecule has 1 N–H and O–H groups in total. The van der Waals surface area contributed by atoms with Gasteiger partial charge in [-0.15, -0.1) is 0 Å². The van der Waals surface area contributed by atoms with Gasteiger partial charge in [-0.1, -0.05) is 48.6 Å². The highest BCUT2D eigenvalue weighted by molar-refractivity contribution is 7.80. The van der Waals surface area contributed by atoms with Crippen molar-refractivity contribution in [3.8, 4) is 11.5 Å². The number of benzene rings is 2. The molecule has 0 atom stereocenters. The van der Waals surface area contributed by atoms with Crippen LogP contribution in [0.5, 0.6) is 11.5 Å². The van der Waals surface area contributed by atoms with E-state index in [1.165, 1.54) is 0 Å². The Morgan fingerprint density at radius 3 is 2.00 bits per heavy atom. The van der Waals surface area contributed by atoms with E-state index in [2.05, 4.69) is 17.4 Å². The molecule has 1 aliphatic rings. The summed E-state index contributed by atoms with van der Waals surface area (Å²) in [5.74, 6) is 1.79. The minimum absolute atomic E-state index is 0.0728. The second kappa shape index (κ2) is 4.42. The number of ether oxygens (including phenoxy) is 1. The van der Waals surface area contributed by atoms with Gasteiger partial charge in [-0.3, -0.25) is 0 Å². The second-order valence-electron chi connectivity index (χ2n) is 4.31. The van der Waals surface area contributed by atoms with Crippen LogP contribution in [0.3, 0.4) is 0 Å². The smallest absolute Gasteiger partial charge is 0.133 e. The number of hydrogen-bond acceptors (Lipinski definition) is 2. The molecular weight excluding hydrogens is 242 g/mol. The van der Waals surface area contributed by atoms with Gasteiger partial charge in [0.15, 0.2) is 0 Å². The lowest BCUT2D eigenvalue weighted by atomic mass is 9.94. The van der Waals surface area contributed by atoms with Gasteiger partial charge in [0, 0.05) is 11.1 Å². The third kappa shape index (κ3) is 1.87. The molecular formula is C15H13NOS. The molecule has 18 heavy (non-hydrogen) atoms. The van der Waals surface area contributed by atoms with Crippen LogP contribution in [0.25, 0.3) is 0 Å². The molecule has 2 nitrogen and oxygen atoms in total. The summed E-state index contributed by atoms with van der Waals surface area (Å²) in [7, 11) is 0. The van der Waals surface area contributed by atoms with E-state index < -0.39 is 0 Å². The summed E-state index contributed by atoms with van der Waals surface area (Å²) in [6.45, 7) is 1.90. The first-order valence-electron chi connectivity index (χ1n) is 5.88. The van der Waals surface area contributed by atoms with Gasteiger partial charge >= 0.3 is 0 Å². The molecule has 0 saturated carbocycles. The fraction of sp³-hybridized carbons (Fsp3) is 0.133. The Labute approximate surface area is 112 Å². The third-order valence-corrected chi connectivity index (χ3v) is 3.15. The quantitative estimate of drug-likeness (QED) is 0.783. The fourth-order valence-corrected chi connectivity index (χ4v) is 2.39. The number of thiocarbonyl (C=S) groups is 1. The Balaban J connectivity index is 2.14. The molecule has 0 unspecified atom stereocenters. The van der Waals surface area contributed by atoms with Crippen LogP contribution in [0, 0.1) is 0 Å². The molecule has 0 fully saturated rings. The van der Waals surface area contributed by atoms with Crippen LogP contribution in [0.2, 0.25) is 0 Å². The summed E-state index contributed by atoms with van der Waals surface area (Å²) in [4.78, 5) is 0.784. The minimum atomic E-state index is 0.0728. The lowest BCUT2D eigenvalue weighted by Crippen LogP contribution is -2.28. The average molecular weight is 255 g/mol. The molecule has 90 valence electrons. The topological polar surface area (TPSA) is 21.3 Å². The van der Waals surface area contributed by atoms with Gasteiger partial charge < -0.3 is 10.1 Å². The zero-order valence-electron chi connectivity index (χ0n) is 10.0. The first-order chi connectivity index (χ1) is 8.75. The summed E-state index contributed by atoms with van der Waals surface area (Å²) >= 11 is 5.18. The highest BCUT2D eigenvalue weighted by Gasteiger charge is 2.26. The maximum atomic E-state index is 5.91. The zero-order valence-corrected chi connectivity index (χ0v) is 10.8. The molecule has 1 heterocycles.